The van der Waals surface area contributed by atoms with Gasteiger partial charge >= 0.3 is 0 Å². The highest BCUT2D eigenvalue weighted by molar-refractivity contribution is 7.89. The Morgan fingerprint density at radius 2 is 1.79 bits per heavy atom. The Labute approximate surface area is 147 Å². The largest absolute Gasteiger partial charge is 0.337 e. The lowest BCUT2D eigenvalue weighted by Gasteiger charge is -2.40. The summed E-state index contributed by atoms with van der Waals surface area (Å²) in [5.74, 6) is 0.0563. The SMILES string of the molecule is CC(=O)N(CCN1CCCCC1)C1CCCN(S(=O)(=O)C(C)C)C1. The summed E-state index contributed by atoms with van der Waals surface area (Å²) in [7, 11) is -3.24. The lowest BCUT2D eigenvalue weighted by Crippen LogP contribution is -2.53. The monoisotopic (exact) mass is 359 g/mol. The van der Waals surface area contributed by atoms with E-state index in [1.54, 1.807) is 25.1 Å². The molecule has 0 aromatic heterocycles. The van der Waals surface area contributed by atoms with Crippen LogP contribution in [0.25, 0.3) is 0 Å². The Morgan fingerprint density at radius 3 is 2.38 bits per heavy atom. The summed E-state index contributed by atoms with van der Waals surface area (Å²) in [4.78, 5) is 16.5. The maximum atomic E-state index is 12.4. The minimum absolute atomic E-state index is 0.00886. The van der Waals surface area contributed by atoms with E-state index in [9.17, 15) is 13.2 Å². The van der Waals surface area contributed by atoms with Gasteiger partial charge in [-0.3, -0.25) is 4.79 Å². The molecule has 0 radical (unpaired) electrons. The van der Waals surface area contributed by atoms with E-state index >= 15 is 0 Å². The van der Waals surface area contributed by atoms with Crippen LogP contribution in [0.4, 0.5) is 0 Å². The first-order chi connectivity index (χ1) is 11.3. The first kappa shape index (κ1) is 19.7. The first-order valence-electron chi connectivity index (χ1n) is 9.31. The van der Waals surface area contributed by atoms with Crippen LogP contribution < -0.4 is 0 Å². The Hall–Kier alpha value is -0.660. The van der Waals surface area contributed by atoms with Crippen molar-refractivity contribution < 1.29 is 13.2 Å². The summed E-state index contributed by atoms with van der Waals surface area (Å²) in [5.41, 5.74) is 0. The molecule has 24 heavy (non-hydrogen) atoms. The van der Waals surface area contributed by atoms with E-state index in [0.717, 1.165) is 32.5 Å². The number of hydrogen-bond acceptors (Lipinski definition) is 4. The lowest BCUT2D eigenvalue weighted by molar-refractivity contribution is -0.132. The van der Waals surface area contributed by atoms with Crippen molar-refractivity contribution >= 4 is 15.9 Å². The highest BCUT2D eigenvalue weighted by atomic mass is 32.2. The van der Waals surface area contributed by atoms with Gasteiger partial charge in [-0.1, -0.05) is 6.42 Å². The molecule has 140 valence electrons. The molecule has 1 unspecified atom stereocenters. The van der Waals surface area contributed by atoms with E-state index in [1.807, 2.05) is 4.90 Å². The summed E-state index contributed by atoms with van der Waals surface area (Å²) < 4.78 is 26.5. The van der Waals surface area contributed by atoms with Gasteiger partial charge in [-0.25, -0.2) is 8.42 Å². The number of hydrogen-bond donors (Lipinski definition) is 0. The number of carbonyl (C=O) groups excluding carboxylic acids is 1. The predicted molar refractivity (Wildman–Crippen MR) is 96.3 cm³/mol. The molecule has 2 fully saturated rings. The predicted octanol–water partition coefficient (Wildman–Crippen LogP) is 1.52. The molecule has 2 rings (SSSR count). The molecule has 2 heterocycles. The topological polar surface area (TPSA) is 60.9 Å². The van der Waals surface area contributed by atoms with Gasteiger partial charge in [0.2, 0.25) is 15.9 Å². The molecule has 0 saturated carbocycles. The van der Waals surface area contributed by atoms with E-state index in [-0.39, 0.29) is 11.9 Å². The van der Waals surface area contributed by atoms with Gasteiger partial charge in [0.25, 0.3) is 0 Å². The van der Waals surface area contributed by atoms with Crippen LogP contribution in [0.2, 0.25) is 0 Å². The molecule has 0 N–H and O–H groups in total. The summed E-state index contributed by atoms with van der Waals surface area (Å²) >= 11 is 0. The molecule has 0 aromatic carbocycles. The van der Waals surface area contributed by atoms with E-state index in [0.29, 0.717) is 19.6 Å². The maximum absolute atomic E-state index is 12.4. The van der Waals surface area contributed by atoms with Gasteiger partial charge in [0, 0.05) is 39.1 Å². The standard InChI is InChI=1S/C17H33N3O3S/c1-15(2)24(22,23)19-11-7-8-17(14-19)20(16(3)21)13-12-18-9-5-4-6-10-18/h15,17H,4-14H2,1-3H3. The van der Waals surface area contributed by atoms with Crippen molar-refractivity contribution in [1.82, 2.24) is 14.1 Å². The van der Waals surface area contributed by atoms with Crippen LogP contribution in [0, 0.1) is 0 Å². The number of amides is 1. The summed E-state index contributed by atoms with van der Waals surface area (Å²) in [6, 6.07) is 0.00886. The second-order valence-electron chi connectivity index (χ2n) is 7.36. The molecule has 1 atom stereocenters. The van der Waals surface area contributed by atoms with Crippen molar-refractivity contribution in [3.63, 3.8) is 0 Å². The number of sulfonamides is 1. The fourth-order valence-corrected chi connectivity index (χ4v) is 5.09. The molecule has 0 aromatic rings. The fraction of sp³-hybridized carbons (Fsp3) is 0.941. The van der Waals surface area contributed by atoms with Crippen molar-refractivity contribution in [3.05, 3.63) is 0 Å². The van der Waals surface area contributed by atoms with E-state index in [4.69, 9.17) is 0 Å². The zero-order chi connectivity index (χ0) is 17.7. The third-order valence-electron chi connectivity index (χ3n) is 5.27. The Balaban J connectivity index is 1.97. The van der Waals surface area contributed by atoms with Crippen molar-refractivity contribution in [1.29, 1.82) is 0 Å². The Morgan fingerprint density at radius 1 is 1.12 bits per heavy atom. The van der Waals surface area contributed by atoms with Crippen molar-refractivity contribution in [2.75, 3.05) is 39.3 Å². The zero-order valence-corrected chi connectivity index (χ0v) is 16.2. The average Bonchev–Trinajstić information content (AvgIpc) is 2.56. The minimum atomic E-state index is -3.24. The van der Waals surface area contributed by atoms with Gasteiger partial charge in [-0.2, -0.15) is 4.31 Å². The average molecular weight is 360 g/mol. The first-order valence-corrected chi connectivity index (χ1v) is 10.8. The van der Waals surface area contributed by atoms with Gasteiger partial charge in [-0.05, 0) is 52.6 Å². The van der Waals surface area contributed by atoms with Crippen LogP contribution in [0.3, 0.4) is 0 Å². The molecule has 2 saturated heterocycles. The molecule has 2 aliphatic rings. The van der Waals surface area contributed by atoms with Crippen molar-refractivity contribution in [2.45, 2.75) is 64.2 Å². The molecular formula is C17H33N3O3S. The molecule has 7 heteroatoms. The van der Waals surface area contributed by atoms with Gasteiger partial charge in [-0.15, -0.1) is 0 Å². The zero-order valence-electron chi connectivity index (χ0n) is 15.4. The van der Waals surface area contributed by atoms with Gasteiger partial charge < -0.3 is 9.80 Å². The van der Waals surface area contributed by atoms with Gasteiger partial charge in [0.1, 0.15) is 0 Å². The minimum Gasteiger partial charge on any atom is -0.337 e. The highest BCUT2D eigenvalue weighted by Crippen LogP contribution is 2.21. The fourth-order valence-electron chi connectivity index (χ4n) is 3.73. The number of nitrogens with zero attached hydrogens (tertiary/aromatic N) is 3. The molecule has 6 nitrogen and oxygen atoms in total. The second kappa shape index (κ2) is 8.63. The lowest BCUT2D eigenvalue weighted by atomic mass is 10.1. The third-order valence-corrected chi connectivity index (χ3v) is 7.51. The molecule has 0 spiro atoms. The number of carbonyl (C=O) groups is 1. The third kappa shape index (κ3) is 4.92. The molecule has 0 aliphatic carbocycles. The molecule has 1 amide bonds. The quantitative estimate of drug-likeness (QED) is 0.721. The smallest absolute Gasteiger partial charge is 0.219 e. The van der Waals surface area contributed by atoms with E-state index in [2.05, 4.69) is 4.90 Å². The number of likely N-dealkylation sites (tertiary alicyclic amines) is 1. The summed E-state index contributed by atoms with van der Waals surface area (Å²) in [6.45, 7) is 9.90. The van der Waals surface area contributed by atoms with Crippen LogP contribution in [0.5, 0.6) is 0 Å². The van der Waals surface area contributed by atoms with Crippen LogP contribution in [-0.2, 0) is 14.8 Å². The van der Waals surface area contributed by atoms with Gasteiger partial charge in [0.05, 0.1) is 5.25 Å². The summed E-state index contributed by atoms with van der Waals surface area (Å²) in [5, 5.41) is -0.407. The molecule has 0 bridgehead atoms. The van der Waals surface area contributed by atoms with Gasteiger partial charge in [0.15, 0.2) is 0 Å². The maximum Gasteiger partial charge on any atom is 0.219 e. The van der Waals surface area contributed by atoms with E-state index in [1.165, 1.54) is 19.3 Å². The van der Waals surface area contributed by atoms with Crippen molar-refractivity contribution in [2.24, 2.45) is 0 Å². The molecular weight excluding hydrogens is 326 g/mol. The second-order valence-corrected chi connectivity index (χ2v) is 9.85. The van der Waals surface area contributed by atoms with Crippen LogP contribution in [-0.4, -0.2) is 79.0 Å². The van der Waals surface area contributed by atoms with Crippen LogP contribution in [0.1, 0.15) is 52.9 Å². The normalized spacial score (nSPS) is 24.2. The number of piperidine rings is 2. The highest BCUT2D eigenvalue weighted by Gasteiger charge is 2.34. The molecule has 2 aliphatic heterocycles. The Bertz CT molecular complexity index is 515. The van der Waals surface area contributed by atoms with Crippen LogP contribution in [0.15, 0.2) is 0 Å². The number of rotatable bonds is 6. The van der Waals surface area contributed by atoms with Crippen molar-refractivity contribution in [3.8, 4) is 0 Å². The van der Waals surface area contributed by atoms with Crippen LogP contribution >= 0.6 is 0 Å². The van der Waals surface area contributed by atoms with E-state index < -0.39 is 15.3 Å². The Kier molecular flexibility index (Phi) is 7.07. The summed E-state index contributed by atoms with van der Waals surface area (Å²) in [6.07, 6.45) is 5.50.